The van der Waals surface area contributed by atoms with E-state index in [1.807, 2.05) is 37.3 Å². The SMILES string of the molecule is CCOC(=O)c1c(C)[nH]c(C(=O)[C@H](C)OC(=O)C[C@@H](C)c2ccccc2)c1C. The lowest BCUT2D eigenvalue weighted by atomic mass is 9.98. The maximum Gasteiger partial charge on any atom is 0.340 e. The minimum Gasteiger partial charge on any atom is -0.462 e. The minimum absolute atomic E-state index is 0.0131. The molecule has 2 aromatic rings. The smallest absolute Gasteiger partial charge is 0.340 e. The van der Waals surface area contributed by atoms with Crippen LogP contribution in [0, 0.1) is 13.8 Å². The van der Waals surface area contributed by atoms with Gasteiger partial charge in [0.2, 0.25) is 5.78 Å². The number of Topliss-reactive ketones (excluding diaryl/α,β-unsaturated/α-hetero) is 1. The van der Waals surface area contributed by atoms with Crippen molar-refractivity contribution < 1.29 is 23.9 Å². The van der Waals surface area contributed by atoms with Crippen LogP contribution >= 0.6 is 0 Å². The van der Waals surface area contributed by atoms with Crippen molar-refractivity contribution in [3.63, 3.8) is 0 Å². The Morgan fingerprint density at radius 2 is 1.71 bits per heavy atom. The number of aryl methyl sites for hydroxylation is 1. The summed E-state index contributed by atoms with van der Waals surface area (Å²) in [6.45, 7) is 8.82. The van der Waals surface area contributed by atoms with Crippen LogP contribution in [-0.4, -0.2) is 35.4 Å². The fourth-order valence-corrected chi connectivity index (χ4v) is 3.16. The molecule has 6 nitrogen and oxygen atoms in total. The molecule has 0 unspecified atom stereocenters. The van der Waals surface area contributed by atoms with Crippen LogP contribution in [0.1, 0.15) is 70.8 Å². The van der Waals surface area contributed by atoms with Crippen LogP contribution in [0.5, 0.6) is 0 Å². The number of ketones is 1. The van der Waals surface area contributed by atoms with Gasteiger partial charge in [0, 0.05) is 5.69 Å². The number of hydrogen-bond donors (Lipinski definition) is 1. The highest BCUT2D eigenvalue weighted by Crippen LogP contribution is 2.22. The number of carbonyl (C=O) groups is 3. The number of nitrogens with one attached hydrogen (secondary N) is 1. The Morgan fingerprint density at radius 1 is 1.07 bits per heavy atom. The van der Waals surface area contributed by atoms with Gasteiger partial charge in [0.1, 0.15) is 0 Å². The van der Waals surface area contributed by atoms with Gasteiger partial charge < -0.3 is 14.5 Å². The fraction of sp³-hybridized carbons (Fsp3) is 0.409. The molecule has 1 heterocycles. The van der Waals surface area contributed by atoms with Gasteiger partial charge in [-0.15, -0.1) is 0 Å². The number of esters is 2. The third-order valence-electron chi connectivity index (χ3n) is 4.68. The second-order valence-corrected chi connectivity index (χ2v) is 6.86. The molecule has 1 N–H and O–H groups in total. The Morgan fingerprint density at radius 3 is 2.32 bits per heavy atom. The average molecular weight is 385 g/mol. The molecule has 0 saturated carbocycles. The number of aromatic amines is 1. The average Bonchev–Trinajstić information content (AvgIpc) is 2.96. The van der Waals surface area contributed by atoms with E-state index in [0.29, 0.717) is 16.8 Å². The molecule has 2 atom stereocenters. The van der Waals surface area contributed by atoms with Gasteiger partial charge in [-0.3, -0.25) is 9.59 Å². The van der Waals surface area contributed by atoms with Crippen molar-refractivity contribution in [1.82, 2.24) is 4.98 Å². The van der Waals surface area contributed by atoms with Crippen molar-refractivity contribution in [2.24, 2.45) is 0 Å². The summed E-state index contributed by atoms with van der Waals surface area (Å²) in [4.78, 5) is 40.0. The topological polar surface area (TPSA) is 85.5 Å². The summed E-state index contributed by atoms with van der Waals surface area (Å²) in [6.07, 6.45) is -0.777. The van der Waals surface area contributed by atoms with Gasteiger partial charge in [-0.2, -0.15) is 0 Å². The molecule has 28 heavy (non-hydrogen) atoms. The third kappa shape index (κ3) is 4.88. The van der Waals surface area contributed by atoms with Crippen molar-refractivity contribution in [3.8, 4) is 0 Å². The van der Waals surface area contributed by atoms with E-state index in [4.69, 9.17) is 9.47 Å². The monoisotopic (exact) mass is 385 g/mol. The summed E-state index contributed by atoms with van der Waals surface area (Å²) in [7, 11) is 0. The van der Waals surface area contributed by atoms with Crippen LogP contribution in [0.3, 0.4) is 0 Å². The van der Waals surface area contributed by atoms with E-state index in [9.17, 15) is 14.4 Å². The number of rotatable bonds is 8. The lowest BCUT2D eigenvalue weighted by Crippen LogP contribution is -2.26. The molecule has 0 spiro atoms. The zero-order valence-corrected chi connectivity index (χ0v) is 17.0. The van der Waals surface area contributed by atoms with E-state index in [2.05, 4.69) is 4.98 Å². The number of ether oxygens (including phenoxy) is 2. The predicted molar refractivity (Wildman–Crippen MR) is 106 cm³/mol. The molecule has 1 aromatic carbocycles. The number of H-pyrrole nitrogens is 1. The lowest BCUT2D eigenvalue weighted by Gasteiger charge is -2.15. The highest BCUT2D eigenvalue weighted by molar-refractivity contribution is 6.04. The van der Waals surface area contributed by atoms with Crippen LogP contribution in [0.2, 0.25) is 0 Å². The Kier molecular flexibility index (Phi) is 7.15. The highest BCUT2D eigenvalue weighted by Gasteiger charge is 2.27. The molecule has 0 aliphatic heterocycles. The van der Waals surface area contributed by atoms with Crippen molar-refractivity contribution in [2.75, 3.05) is 6.61 Å². The van der Waals surface area contributed by atoms with Gasteiger partial charge in [-0.05, 0) is 44.7 Å². The summed E-state index contributed by atoms with van der Waals surface area (Å²) in [6, 6.07) is 9.66. The molecule has 0 bridgehead atoms. The summed E-state index contributed by atoms with van der Waals surface area (Å²) in [5.41, 5.74) is 2.70. The van der Waals surface area contributed by atoms with E-state index < -0.39 is 18.0 Å². The van der Waals surface area contributed by atoms with Gasteiger partial charge in [-0.1, -0.05) is 37.3 Å². The van der Waals surface area contributed by atoms with Crippen LogP contribution < -0.4 is 0 Å². The van der Waals surface area contributed by atoms with Crippen molar-refractivity contribution in [1.29, 1.82) is 0 Å². The van der Waals surface area contributed by atoms with Crippen LogP contribution in [0.25, 0.3) is 0 Å². The normalized spacial score (nSPS) is 12.9. The van der Waals surface area contributed by atoms with E-state index >= 15 is 0 Å². The van der Waals surface area contributed by atoms with Crippen LogP contribution in [0.15, 0.2) is 30.3 Å². The molecule has 0 aliphatic rings. The molecule has 2 rings (SSSR count). The van der Waals surface area contributed by atoms with Crippen LogP contribution in [0.4, 0.5) is 0 Å². The van der Waals surface area contributed by atoms with Gasteiger partial charge >= 0.3 is 11.9 Å². The zero-order valence-electron chi connectivity index (χ0n) is 17.0. The Bertz CT molecular complexity index is 853. The summed E-state index contributed by atoms with van der Waals surface area (Å²) in [5.74, 6) is -1.31. The Balaban J connectivity index is 2.05. The number of carbonyl (C=O) groups excluding carboxylic acids is 3. The Labute approximate surface area is 165 Å². The highest BCUT2D eigenvalue weighted by atomic mass is 16.5. The zero-order chi connectivity index (χ0) is 20.8. The molecule has 150 valence electrons. The maximum absolute atomic E-state index is 12.7. The third-order valence-corrected chi connectivity index (χ3v) is 4.68. The van der Waals surface area contributed by atoms with Gasteiger partial charge in [0.15, 0.2) is 6.10 Å². The molecular formula is C22H27NO5. The number of hydrogen-bond acceptors (Lipinski definition) is 5. The molecular weight excluding hydrogens is 358 g/mol. The van der Waals surface area contributed by atoms with E-state index in [1.54, 1.807) is 20.8 Å². The minimum atomic E-state index is -0.956. The van der Waals surface area contributed by atoms with Crippen LogP contribution in [-0.2, 0) is 14.3 Å². The van der Waals surface area contributed by atoms with Crippen molar-refractivity contribution in [2.45, 2.75) is 53.1 Å². The molecule has 0 aliphatic carbocycles. The summed E-state index contributed by atoms with van der Waals surface area (Å²) in [5, 5.41) is 0. The van der Waals surface area contributed by atoms with E-state index in [0.717, 1.165) is 5.56 Å². The van der Waals surface area contributed by atoms with E-state index in [-0.39, 0.29) is 30.4 Å². The second-order valence-electron chi connectivity index (χ2n) is 6.86. The predicted octanol–water partition coefficient (Wildman–Crippen LogP) is 4.12. The summed E-state index contributed by atoms with van der Waals surface area (Å²) < 4.78 is 10.4. The largest absolute Gasteiger partial charge is 0.462 e. The standard InChI is InChI=1S/C22H27NO5/c1-6-27-22(26)19-14(3)20(23-15(19)4)21(25)16(5)28-18(24)12-13(2)17-10-8-7-9-11-17/h7-11,13,16,23H,6,12H2,1-5H3/t13-,16+/m1/s1. The first-order chi connectivity index (χ1) is 13.3. The number of aromatic nitrogens is 1. The van der Waals surface area contributed by atoms with Crippen molar-refractivity contribution in [3.05, 3.63) is 58.4 Å². The molecule has 1 aromatic heterocycles. The summed E-state index contributed by atoms with van der Waals surface area (Å²) >= 11 is 0. The Hall–Kier alpha value is -2.89. The molecule has 0 fully saturated rings. The maximum atomic E-state index is 12.7. The lowest BCUT2D eigenvalue weighted by molar-refractivity contribution is -0.146. The van der Waals surface area contributed by atoms with E-state index in [1.165, 1.54) is 6.92 Å². The first kappa shape index (κ1) is 21.4. The first-order valence-electron chi connectivity index (χ1n) is 9.41. The van der Waals surface area contributed by atoms with Crippen molar-refractivity contribution >= 4 is 17.7 Å². The van der Waals surface area contributed by atoms with Gasteiger partial charge in [0.05, 0.1) is 24.3 Å². The van der Waals surface area contributed by atoms with Gasteiger partial charge in [0.25, 0.3) is 0 Å². The quantitative estimate of drug-likeness (QED) is 0.546. The molecule has 6 heteroatoms. The molecule has 0 radical (unpaired) electrons. The molecule has 0 saturated heterocycles. The fourth-order valence-electron chi connectivity index (χ4n) is 3.16. The number of benzene rings is 1. The molecule has 0 amide bonds. The second kappa shape index (κ2) is 9.35. The first-order valence-corrected chi connectivity index (χ1v) is 9.41. The van der Waals surface area contributed by atoms with Gasteiger partial charge in [-0.25, -0.2) is 4.79 Å².